The van der Waals surface area contributed by atoms with Gasteiger partial charge in [0.1, 0.15) is 11.6 Å². The maximum absolute atomic E-state index is 12.7. The molecule has 1 amide bonds. The van der Waals surface area contributed by atoms with Crippen LogP contribution in [-0.2, 0) is 16.1 Å². The Morgan fingerprint density at radius 2 is 1.89 bits per heavy atom. The van der Waals surface area contributed by atoms with Gasteiger partial charge in [0, 0.05) is 62.8 Å². The molecule has 0 spiro atoms. The molecule has 4 rings (SSSR count). The van der Waals surface area contributed by atoms with E-state index in [0.717, 1.165) is 56.2 Å². The summed E-state index contributed by atoms with van der Waals surface area (Å²) in [6.45, 7) is 5.24. The zero-order chi connectivity index (χ0) is 19.2. The molecule has 4 heterocycles. The van der Waals surface area contributed by atoms with E-state index in [0.29, 0.717) is 19.8 Å². The van der Waals surface area contributed by atoms with Crippen LogP contribution in [0.1, 0.15) is 18.4 Å². The number of carbonyl (C=O) groups excluding carboxylic acids is 1. The van der Waals surface area contributed by atoms with Gasteiger partial charge in [0.2, 0.25) is 5.91 Å². The molecular weight excluding hydrogens is 356 g/mol. The minimum atomic E-state index is 0.0384. The Kier molecular flexibility index (Phi) is 5.96. The van der Waals surface area contributed by atoms with Crippen LogP contribution in [0.25, 0.3) is 0 Å². The van der Waals surface area contributed by atoms with Crippen molar-refractivity contribution in [1.82, 2.24) is 20.3 Å². The number of piperidine rings is 1. The Morgan fingerprint density at radius 3 is 2.64 bits per heavy atom. The van der Waals surface area contributed by atoms with Crippen LogP contribution >= 0.6 is 0 Å². The quantitative estimate of drug-likeness (QED) is 0.833. The lowest BCUT2D eigenvalue weighted by Crippen LogP contribution is -2.41. The molecule has 28 heavy (non-hydrogen) atoms. The van der Waals surface area contributed by atoms with Crippen molar-refractivity contribution in [3.8, 4) is 0 Å². The molecular formula is C20H26N6O2. The van der Waals surface area contributed by atoms with Crippen LogP contribution in [0.3, 0.4) is 0 Å². The molecule has 2 saturated heterocycles. The lowest BCUT2D eigenvalue weighted by molar-refractivity contribution is -0.125. The molecule has 2 aliphatic heterocycles. The topological polar surface area (TPSA) is 83.5 Å². The molecule has 0 bridgehead atoms. The van der Waals surface area contributed by atoms with Crippen LogP contribution in [0.4, 0.5) is 11.6 Å². The highest BCUT2D eigenvalue weighted by atomic mass is 16.5. The fraction of sp³-hybridized carbons (Fsp3) is 0.500. The Labute approximate surface area is 164 Å². The molecule has 1 N–H and O–H groups in total. The minimum absolute atomic E-state index is 0.0384. The van der Waals surface area contributed by atoms with Crippen molar-refractivity contribution in [2.24, 2.45) is 5.92 Å². The van der Waals surface area contributed by atoms with Crippen LogP contribution < -0.4 is 15.1 Å². The van der Waals surface area contributed by atoms with Crippen LogP contribution in [0, 0.1) is 5.92 Å². The highest BCUT2D eigenvalue weighted by Gasteiger charge is 2.26. The monoisotopic (exact) mass is 382 g/mol. The second kappa shape index (κ2) is 8.97. The van der Waals surface area contributed by atoms with Gasteiger partial charge in [-0.25, -0.2) is 9.97 Å². The summed E-state index contributed by atoms with van der Waals surface area (Å²) in [5, 5.41) is 3.12. The van der Waals surface area contributed by atoms with Crippen molar-refractivity contribution in [3.63, 3.8) is 0 Å². The third-order valence-electron chi connectivity index (χ3n) is 5.37. The summed E-state index contributed by atoms with van der Waals surface area (Å²) in [6.07, 6.45) is 8.60. The number of carbonyl (C=O) groups is 1. The molecule has 8 nitrogen and oxygen atoms in total. The van der Waals surface area contributed by atoms with E-state index in [1.165, 1.54) is 0 Å². The predicted molar refractivity (Wildman–Crippen MR) is 106 cm³/mol. The maximum Gasteiger partial charge on any atom is 0.223 e. The van der Waals surface area contributed by atoms with E-state index >= 15 is 0 Å². The van der Waals surface area contributed by atoms with Crippen molar-refractivity contribution >= 4 is 17.5 Å². The summed E-state index contributed by atoms with van der Waals surface area (Å²) in [5.74, 6) is 1.99. The summed E-state index contributed by atoms with van der Waals surface area (Å²) in [5.41, 5.74) is 1.05. The fourth-order valence-electron chi connectivity index (χ4n) is 3.78. The van der Waals surface area contributed by atoms with E-state index in [4.69, 9.17) is 4.74 Å². The van der Waals surface area contributed by atoms with Crippen molar-refractivity contribution < 1.29 is 9.53 Å². The number of aromatic nitrogens is 3. The number of morpholine rings is 1. The van der Waals surface area contributed by atoms with Crippen molar-refractivity contribution in [2.75, 3.05) is 49.2 Å². The van der Waals surface area contributed by atoms with E-state index in [1.54, 1.807) is 24.8 Å². The average Bonchev–Trinajstić information content (AvgIpc) is 2.79. The first-order valence-corrected chi connectivity index (χ1v) is 9.86. The van der Waals surface area contributed by atoms with Crippen molar-refractivity contribution in [2.45, 2.75) is 19.4 Å². The zero-order valence-corrected chi connectivity index (χ0v) is 16.0. The molecule has 0 atom stereocenters. The van der Waals surface area contributed by atoms with Gasteiger partial charge in [0.05, 0.1) is 19.4 Å². The minimum Gasteiger partial charge on any atom is -0.378 e. The first-order chi connectivity index (χ1) is 13.8. The molecule has 0 radical (unpaired) electrons. The fourth-order valence-corrected chi connectivity index (χ4v) is 3.78. The van der Waals surface area contributed by atoms with Gasteiger partial charge >= 0.3 is 0 Å². The van der Waals surface area contributed by atoms with Gasteiger partial charge in [-0.15, -0.1) is 0 Å². The molecule has 2 aromatic heterocycles. The first-order valence-electron chi connectivity index (χ1n) is 9.86. The van der Waals surface area contributed by atoms with Gasteiger partial charge in [0.15, 0.2) is 0 Å². The molecule has 8 heteroatoms. The molecule has 2 aliphatic rings. The SMILES string of the molecule is O=C(NCc1cccnc1N1CCOCC1)C1CCN(c2cnccn2)CC1. The summed E-state index contributed by atoms with van der Waals surface area (Å²) < 4.78 is 5.43. The summed E-state index contributed by atoms with van der Waals surface area (Å²) in [4.78, 5) is 30.1. The third-order valence-corrected chi connectivity index (χ3v) is 5.37. The van der Waals surface area contributed by atoms with E-state index in [1.807, 2.05) is 12.1 Å². The van der Waals surface area contributed by atoms with Crippen LogP contribution in [0.2, 0.25) is 0 Å². The molecule has 0 aromatic carbocycles. The van der Waals surface area contributed by atoms with Crippen molar-refractivity contribution in [1.29, 1.82) is 0 Å². The lowest BCUT2D eigenvalue weighted by atomic mass is 9.96. The lowest BCUT2D eigenvalue weighted by Gasteiger charge is -2.32. The van der Waals surface area contributed by atoms with E-state index in [9.17, 15) is 4.79 Å². The van der Waals surface area contributed by atoms with E-state index in [2.05, 4.69) is 30.1 Å². The van der Waals surface area contributed by atoms with Gasteiger partial charge in [-0.2, -0.15) is 0 Å². The number of ether oxygens (including phenoxy) is 1. The van der Waals surface area contributed by atoms with Crippen molar-refractivity contribution in [3.05, 3.63) is 42.5 Å². The molecule has 0 aliphatic carbocycles. The summed E-state index contributed by atoms with van der Waals surface area (Å²) in [7, 11) is 0. The maximum atomic E-state index is 12.7. The molecule has 148 valence electrons. The Hall–Kier alpha value is -2.74. The smallest absolute Gasteiger partial charge is 0.223 e. The summed E-state index contributed by atoms with van der Waals surface area (Å²) in [6, 6.07) is 3.96. The van der Waals surface area contributed by atoms with Gasteiger partial charge in [-0.1, -0.05) is 6.07 Å². The Balaban J connectivity index is 1.31. The first kappa shape index (κ1) is 18.6. The number of nitrogens with zero attached hydrogens (tertiary/aromatic N) is 5. The predicted octanol–water partition coefficient (Wildman–Crippen LogP) is 1.24. The summed E-state index contributed by atoms with van der Waals surface area (Å²) >= 11 is 0. The number of amides is 1. The standard InChI is InChI=1S/C20H26N6O2/c27-20(16-3-8-25(9-4-16)18-15-21-6-7-22-18)24-14-17-2-1-5-23-19(17)26-10-12-28-13-11-26/h1-2,5-7,15-16H,3-4,8-14H2,(H,24,27). The van der Waals surface area contributed by atoms with Crippen LogP contribution in [0.15, 0.2) is 36.9 Å². The van der Waals surface area contributed by atoms with E-state index < -0.39 is 0 Å². The van der Waals surface area contributed by atoms with Crippen LogP contribution in [0.5, 0.6) is 0 Å². The second-order valence-electron chi connectivity index (χ2n) is 7.13. The molecule has 2 fully saturated rings. The molecule has 2 aromatic rings. The molecule has 0 saturated carbocycles. The van der Waals surface area contributed by atoms with E-state index in [-0.39, 0.29) is 11.8 Å². The number of hydrogen-bond donors (Lipinski definition) is 1. The Bertz CT molecular complexity index is 773. The highest BCUT2D eigenvalue weighted by Crippen LogP contribution is 2.22. The van der Waals surface area contributed by atoms with Gasteiger partial charge < -0.3 is 19.9 Å². The van der Waals surface area contributed by atoms with Gasteiger partial charge in [-0.05, 0) is 18.9 Å². The molecule has 0 unspecified atom stereocenters. The average molecular weight is 382 g/mol. The normalized spacial score (nSPS) is 18.1. The number of pyridine rings is 1. The van der Waals surface area contributed by atoms with Gasteiger partial charge in [-0.3, -0.25) is 9.78 Å². The van der Waals surface area contributed by atoms with Gasteiger partial charge in [0.25, 0.3) is 0 Å². The second-order valence-corrected chi connectivity index (χ2v) is 7.13. The number of hydrogen-bond acceptors (Lipinski definition) is 7. The largest absolute Gasteiger partial charge is 0.378 e. The zero-order valence-electron chi connectivity index (χ0n) is 16.0. The number of rotatable bonds is 5. The third kappa shape index (κ3) is 4.39. The Morgan fingerprint density at radius 1 is 1.07 bits per heavy atom. The number of nitrogens with one attached hydrogen (secondary N) is 1. The highest BCUT2D eigenvalue weighted by molar-refractivity contribution is 5.79. The number of anilines is 2. The van der Waals surface area contributed by atoms with Crippen LogP contribution in [-0.4, -0.2) is 60.3 Å².